The van der Waals surface area contributed by atoms with Gasteiger partial charge in [0.1, 0.15) is 11.9 Å². The lowest BCUT2D eigenvalue weighted by Crippen LogP contribution is -2.37. The number of halogens is 1. The fraction of sp³-hybridized carbons (Fsp3) is 0.250. The molecule has 0 spiro atoms. The molecule has 5 nitrogen and oxygen atoms in total. The van der Waals surface area contributed by atoms with Gasteiger partial charge in [-0.3, -0.25) is 9.59 Å². The van der Waals surface area contributed by atoms with Gasteiger partial charge in [0, 0.05) is 17.1 Å². The van der Waals surface area contributed by atoms with E-state index in [-0.39, 0.29) is 12.2 Å². The summed E-state index contributed by atoms with van der Waals surface area (Å²) in [7, 11) is 0. The zero-order valence-corrected chi connectivity index (χ0v) is 13.5. The predicted molar refractivity (Wildman–Crippen MR) is 86.8 cm³/mol. The number of carbonyl (C=O) groups excluding carboxylic acids is 2. The Kier molecular flexibility index (Phi) is 5.46. The number of benzene rings is 1. The Morgan fingerprint density at radius 2 is 1.96 bits per heavy atom. The molecule has 0 aliphatic heterocycles. The van der Waals surface area contributed by atoms with Crippen molar-refractivity contribution in [2.75, 3.05) is 11.9 Å². The molecule has 0 aliphatic rings. The number of nitrogens with one attached hydrogen (secondary N) is 2. The zero-order chi connectivity index (χ0) is 17.0. The molecular formula is C16H17FN2O3S. The van der Waals surface area contributed by atoms with E-state index in [9.17, 15) is 19.1 Å². The van der Waals surface area contributed by atoms with Crippen LogP contribution in [0.3, 0.4) is 0 Å². The average molecular weight is 336 g/mol. The molecule has 122 valence electrons. The maximum Gasteiger partial charge on any atom is 0.313 e. The summed E-state index contributed by atoms with van der Waals surface area (Å²) in [6, 6.07) is 6.02. The second kappa shape index (κ2) is 7.34. The third-order valence-electron chi connectivity index (χ3n) is 3.30. The first kappa shape index (κ1) is 17.1. The highest BCUT2D eigenvalue weighted by atomic mass is 32.1. The Morgan fingerprint density at radius 1 is 1.22 bits per heavy atom. The van der Waals surface area contributed by atoms with Crippen molar-refractivity contribution in [3.05, 3.63) is 51.5 Å². The molecule has 0 bridgehead atoms. The first-order valence-corrected chi connectivity index (χ1v) is 7.84. The topological polar surface area (TPSA) is 78.4 Å². The van der Waals surface area contributed by atoms with E-state index in [4.69, 9.17) is 0 Å². The van der Waals surface area contributed by atoms with Crippen LogP contribution in [-0.2, 0) is 9.59 Å². The first-order chi connectivity index (χ1) is 10.9. The van der Waals surface area contributed by atoms with Gasteiger partial charge in [-0.2, -0.15) is 0 Å². The van der Waals surface area contributed by atoms with E-state index in [1.54, 1.807) is 6.92 Å². The van der Waals surface area contributed by atoms with Crippen LogP contribution in [0.15, 0.2) is 29.6 Å². The van der Waals surface area contributed by atoms with E-state index in [2.05, 4.69) is 10.6 Å². The average Bonchev–Trinajstić information content (AvgIpc) is 2.94. The fourth-order valence-corrected chi connectivity index (χ4v) is 2.86. The number of aliphatic hydroxyl groups excluding tert-OH is 1. The monoisotopic (exact) mass is 336 g/mol. The van der Waals surface area contributed by atoms with Crippen molar-refractivity contribution in [1.29, 1.82) is 0 Å². The Hall–Kier alpha value is -2.25. The molecule has 1 aromatic heterocycles. The van der Waals surface area contributed by atoms with Crippen LogP contribution in [0.1, 0.15) is 22.1 Å². The highest BCUT2D eigenvalue weighted by molar-refractivity contribution is 7.10. The summed E-state index contributed by atoms with van der Waals surface area (Å²) in [5, 5.41) is 16.5. The number of carbonyl (C=O) groups is 2. The summed E-state index contributed by atoms with van der Waals surface area (Å²) in [5.41, 5.74) is 1.57. The lowest BCUT2D eigenvalue weighted by Gasteiger charge is -2.11. The predicted octanol–water partition coefficient (Wildman–Crippen LogP) is 2.29. The van der Waals surface area contributed by atoms with Crippen LogP contribution >= 0.6 is 11.3 Å². The highest BCUT2D eigenvalue weighted by Crippen LogP contribution is 2.23. The number of hydrogen-bond acceptors (Lipinski definition) is 4. The van der Waals surface area contributed by atoms with Crippen molar-refractivity contribution in [3.63, 3.8) is 0 Å². The van der Waals surface area contributed by atoms with Gasteiger partial charge in [0.15, 0.2) is 0 Å². The van der Waals surface area contributed by atoms with Crippen LogP contribution in [0, 0.1) is 19.7 Å². The Bertz CT molecular complexity index is 730. The van der Waals surface area contributed by atoms with Crippen LogP contribution in [0.4, 0.5) is 10.1 Å². The molecule has 7 heteroatoms. The van der Waals surface area contributed by atoms with Crippen LogP contribution in [0.25, 0.3) is 0 Å². The van der Waals surface area contributed by atoms with Gasteiger partial charge in [-0.15, -0.1) is 11.3 Å². The molecule has 1 atom stereocenters. The third-order valence-corrected chi connectivity index (χ3v) is 4.42. The van der Waals surface area contributed by atoms with Gasteiger partial charge < -0.3 is 15.7 Å². The van der Waals surface area contributed by atoms with Gasteiger partial charge in [0.2, 0.25) is 0 Å². The number of hydrogen-bond donors (Lipinski definition) is 3. The molecule has 2 aromatic rings. The maximum atomic E-state index is 13.4. The zero-order valence-electron chi connectivity index (χ0n) is 12.7. The van der Waals surface area contributed by atoms with E-state index in [1.807, 2.05) is 18.4 Å². The molecule has 0 saturated carbocycles. The molecule has 1 heterocycles. The lowest BCUT2D eigenvalue weighted by molar-refractivity contribution is -0.136. The molecule has 1 unspecified atom stereocenters. The molecule has 0 fully saturated rings. The second-order valence-electron chi connectivity index (χ2n) is 5.11. The molecule has 3 N–H and O–H groups in total. The molecule has 0 aliphatic carbocycles. The number of thiophene rings is 1. The van der Waals surface area contributed by atoms with E-state index in [1.165, 1.54) is 23.5 Å². The van der Waals surface area contributed by atoms with Crippen molar-refractivity contribution in [2.45, 2.75) is 20.0 Å². The molecule has 0 radical (unpaired) electrons. The Morgan fingerprint density at radius 3 is 2.57 bits per heavy atom. The minimum absolute atomic E-state index is 0.0735. The normalized spacial score (nSPS) is 11.8. The van der Waals surface area contributed by atoms with Gasteiger partial charge in [-0.1, -0.05) is 6.07 Å². The van der Waals surface area contributed by atoms with Crippen molar-refractivity contribution < 1.29 is 19.1 Å². The Balaban J connectivity index is 1.89. The van der Waals surface area contributed by atoms with Crippen molar-refractivity contribution in [1.82, 2.24) is 5.32 Å². The molecule has 2 amide bonds. The van der Waals surface area contributed by atoms with Crippen LogP contribution in [0.2, 0.25) is 0 Å². The van der Waals surface area contributed by atoms with Crippen molar-refractivity contribution >= 4 is 28.8 Å². The van der Waals surface area contributed by atoms with Crippen LogP contribution in [-0.4, -0.2) is 23.5 Å². The summed E-state index contributed by atoms with van der Waals surface area (Å²) in [6.45, 7) is 3.38. The molecule has 23 heavy (non-hydrogen) atoms. The van der Waals surface area contributed by atoms with E-state index in [0.29, 0.717) is 5.56 Å². The van der Waals surface area contributed by atoms with Gasteiger partial charge >= 0.3 is 11.8 Å². The van der Waals surface area contributed by atoms with Gasteiger partial charge in [0.25, 0.3) is 0 Å². The van der Waals surface area contributed by atoms with Crippen molar-refractivity contribution in [3.8, 4) is 0 Å². The SMILES string of the molecule is Cc1ccc(NC(=O)C(=O)NCC(O)c2sccc2C)cc1F. The highest BCUT2D eigenvalue weighted by Gasteiger charge is 2.17. The number of aliphatic hydroxyl groups is 1. The summed E-state index contributed by atoms with van der Waals surface area (Å²) in [6.07, 6.45) is -0.872. The van der Waals surface area contributed by atoms with Gasteiger partial charge in [-0.25, -0.2) is 4.39 Å². The van der Waals surface area contributed by atoms with E-state index in [0.717, 1.165) is 16.5 Å². The maximum absolute atomic E-state index is 13.4. The smallest absolute Gasteiger partial charge is 0.313 e. The Labute approximate surface area is 137 Å². The fourth-order valence-electron chi connectivity index (χ4n) is 1.95. The largest absolute Gasteiger partial charge is 0.386 e. The molecule has 2 rings (SSSR count). The summed E-state index contributed by atoms with van der Waals surface area (Å²) >= 11 is 1.38. The first-order valence-electron chi connectivity index (χ1n) is 6.96. The number of anilines is 1. The van der Waals surface area contributed by atoms with Crippen molar-refractivity contribution in [2.24, 2.45) is 0 Å². The minimum atomic E-state index is -0.914. The molecule has 1 aromatic carbocycles. The minimum Gasteiger partial charge on any atom is -0.386 e. The number of amides is 2. The summed E-state index contributed by atoms with van der Waals surface area (Å²) in [4.78, 5) is 24.2. The van der Waals surface area contributed by atoms with Gasteiger partial charge in [0.05, 0.1) is 0 Å². The van der Waals surface area contributed by atoms with Crippen LogP contribution in [0.5, 0.6) is 0 Å². The van der Waals surface area contributed by atoms with E-state index < -0.39 is 23.7 Å². The third kappa shape index (κ3) is 4.37. The summed E-state index contributed by atoms with van der Waals surface area (Å²) < 4.78 is 13.4. The quantitative estimate of drug-likeness (QED) is 0.750. The standard InChI is InChI=1S/C16H17FN2O3S/c1-9-3-4-11(7-12(9)17)19-16(22)15(21)18-8-13(20)14-10(2)5-6-23-14/h3-7,13,20H,8H2,1-2H3,(H,18,21)(H,19,22). The molecule has 0 saturated heterocycles. The van der Waals surface area contributed by atoms with E-state index >= 15 is 0 Å². The molecular weight excluding hydrogens is 319 g/mol. The number of rotatable bonds is 4. The summed E-state index contributed by atoms with van der Waals surface area (Å²) in [5.74, 6) is -2.27. The lowest BCUT2D eigenvalue weighted by atomic mass is 10.2. The van der Waals surface area contributed by atoms with Gasteiger partial charge in [-0.05, 0) is 48.6 Å². The second-order valence-corrected chi connectivity index (χ2v) is 6.06. The number of aryl methyl sites for hydroxylation is 2. The van der Waals surface area contributed by atoms with Crippen LogP contribution < -0.4 is 10.6 Å².